The van der Waals surface area contributed by atoms with E-state index in [4.69, 9.17) is 9.47 Å². The minimum Gasteiger partial charge on any atom is -0.466 e. The normalized spacial score (nSPS) is 19.5. The molecular formula is C20H28BrNO5. The van der Waals surface area contributed by atoms with Gasteiger partial charge in [-0.1, -0.05) is 28.1 Å². The molecular weight excluding hydrogens is 414 g/mol. The summed E-state index contributed by atoms with van der Waals surface area (Å²) in [5, 5.41) is 11.6. The summed E-state index contributed by atoms with van der Waals surface area (Å²) in [6.45, 7) is 7.83. The molecule has 0 aromatic heterocycles. The fourth-order valence-electron chi connectivity index (χ4n) is 3.39. The minimum absolute atomic E-state index is 0.230. The van der Waals surface area contributed by atoms with Crippen molar-refractivity contribution in [2.75, 3.05) is 13.2 Å². The molecule has 0 bridgehead atoms. The summed E-state index contributed by atoms with van der Waals surface area (Å²) in [4.78, 5) is 26.5. The van der Waals surface area contributed by atoms with Gasteiger partial charge in [0, 0.05) is 11.0 Å². The highest BCUT2D eigenvalue weighted by Gasteiger charge is 2.48. The number of rotatable bonds is 5. The molecule has 1 aliphatic rings. The summed E-state index contributed by atoms with van der Waals surface area (Å²) in [6.07, 6.45) is 0.591. The highest BCUT2D eigenvalue weighted by Crippen LogP contribution is 2.39. The molecule has 150 valence electrons. The molecule has 1 aromatic rings. The third-order valence-corrected chi connectivity index (χ3v) is 5.02. The number of halogens is 1. The van der Waals surface area contributed by atoms with Crippen LogP contribution in [-0.4, -0.2) is 46.9 Å². The molecule has 1 unspecified atom stereocenters. The average molecular weight is 442 g/mol. The van der Waals surface area contributed by atoms with E-state index in [-0.39, 0.29) is 13.0 Å². The zero-order chi connectivity index (χ0) is 20.2. The standard InChI is InChI=1S/C20H28BrNO5/c1-5-26-17(23)13-20(25,14-8-10-15(21)11-9-14)16-7-6-12-22(16)18(24)27-19(2,3)4/h8-11,16,25H,5-7,12-13H2,1-4H3/t16-,20?/m0/s1. The lowest BCUT2D eigenvalue weighted by molar-refractivity contribution is -0.152. The Morgan fingerprint density at radius 1 is 1.26 bits per heavy atom. The maximum absolute atomic E-state index is 12.7. The number of carbonyl (C=O) groups excluding carboxylic acids is 2. The summed E-state index contributed by atoms with van der Waals surface area (Å²) in [7, 11) is 0. The summed E-state index contributed by atoms with van der Waals surface area (Å²) in [6, 6.07) is 6.55. The number of aliphatic hydroxyl groups is 1. The van der Waals surface area contributed by atoms with E-state index in [1.165, 1.54) is 4.90 Å². The number of ether oxygens (including phenoxy) is 2. The smallest absolute Gasteiger partial charge is 0.410 e. The number of nitrogens with zero attached hydrogens (tertiary/aromatic N) is 1. The van der Waals surface area contributed by atoms with E-state index in [2.05, 4.69) is 15.9 Å². The monoisotopic (exact) mass is 441 g/mol. The third kappa shape index (κ3) is 5.45. The zero-order valence-corrected chi connectivity index (χ0v) is 17.9. The molecule has 1 N–H and O–H groups in total. The second-order valence-electron chi connectivity index (χ2n) is 7.74. The SMILES string of the molecule is CCOC(=O)CC(O)(c1ccc(Br)cc1)[C@@H]1CCCN1C(=O)OC(C)(C)C. The molecule has 1 heterocycles. The van der Waals surface area contributed by atoms with E-state index in [0.717, 1.165) is 10.9 Å². The van der Waals surface area contributed by atoms with Gasteiger partial charge in [0.1, 0.15) is 11.2 Å². The van der Waals surface area contributed by atoms with Crippen LogP contribution < -0.4 is 0 Å². The molecule has 1 amide bonds. The topological polar surface area (TPSA) is 76.1 Å². The van der Waals surface area contributed by atoms with E-state index in [9.17, 15) is 14.7 Å². The summed E-state index contributed by atoms with van der Waals surface area (Å²) in [5.41, 5.74) is -1.62. The predicted molar refractivity (Wildman–Crippen MR) is 105 cm³/mol. The highest BCUT2D eigenvalue weighted by molar-refractivity contribution is 9.10. The lowest BCUT2D eigenvalue weighted by Gasteiger charge is -2.39. The van der Waals surface area contributed by atoms with E-state index >= 15 is 0 Å². The fourth-order valence-corrected chi connectivity index (χ4v) is 3.65. The van der Waals surface area contributed by atoms with Gasteiger partial charge in [0.2, 0.25) is 0 Å². The number of amides is 1. The van der Waals surface area contributed by atoms with Gasteiger partial charge in [-0.15, -0.1) is 0 Å². The van der Waals surface area contributed by atoms with Crippen molar-refractivity contribution in [2.45, 2.75) is 64.2 Å². The largest absolute Gasteiger partial charge is 0.466 e. The number of benzene rings is 1. The zero-order valence-electron chi connectivity index (χ0n) is 16.3. The predicted octanol–water partition coefficient (Wildman–Crippen LogP) is 3.99. The average Bonchev–Trinajstić information content (AvgIpc) is 3.04. The molecule has 0 spiro atoms. The molecule has 2 rings (SSSR count). The van der Waals surface area contributed by atoms with Gasteiger partial charge in [-0.2, -0.15) is 0 Å². The Kier molecular flexibility index (Phi) is 6.92. The number of hydrogen-bond acceptors (Lipinski definition) is 5. The first-order chi connectivity index (χ1) is 12.6. The van der Waals surface area contributed by atoms with E-state index in [1.54, 1.807) is 52.0 Å². The van der Waals surface area contributed by atoms with Crippen LogP contribution >= 0.6 is 15.9 Å². The molecule has 7 heteroatoms. The van der Waals surface area contributed by atoms with Crippen molar-refractivity contribution < 1.29 is 24.2 Å². The van der Waals surface area contributed by atoms with Crippen LogP contribution in [0.15, 0.2) is 28.7 Å². The molecule has 1 aromatic carbocycles. The van der Waals surface area contributed by atoms with Gasteiger partial charge in [-0.3, -0.25) is 4.79 Å². The van der Waals surface area contributed by atoms with Crippen LogP contribution in [0.1, 0.15) is 52.5 Å². The Bertz CT molecular complexity index is 670. The Labute approximate surface area is 169 Å². The Morgan fingerprint density at radius 2 is 1.89 bits per heavy atom. The minimum atomic E-state index is -1.56. The lowest BCUT2D eigenvalue weighted by atomic mass is 9.82. The van der Waals surface area contributed by atoms with Crippen molar-refractivity contribution in [1.29, 1.82) is 0 Å². The molecule has 1 fully saturated rings. The van der Waals surface area contributed by atoms with Crippen LogP contribution in [0.2, 0.25) is 0 Å². The first kappa shape index (κ1) is 21.7. The highest BCUT2D eigenvalue weighted by atomic mass is 79.9. The molecule has 1 saturated heterocycles. The van der Waals surface area contributed by atoms with Crippen molar-refractivity contribution in [3.63, 3.8) is 0 Å². The molecule has 6 nitrogen and oxygen atoms in total. The van der Waals surface area contributed by atoms with Crippen LogP contribution in [0, 0.1) is 0 Å². The lowest BCUT2D eigenvalue weighted by Crippen LogP contribution is -2.52. The number of esters is 1. The van der Waals surface area contributed by atoms with E-state index < -0.39 is 29.3 Å². The maximum atomic E-state index is 12.7. The fraction of sp³-hybridized carbons (Fsp3) is 0.600. The second-order valence-corrected chi connectivity index (χ2v) is 8.66. The summed E-state index contributed by atoms with van der Waals surface area (Å²) < 4.78 is 11.4. The van der Waals surface area contributed by atoms with Crippen LogP contribution in [0.4, 0.5) is 4.79 Å². The van der Waals surface area contributed by atoms with Crippen molar-refractivity contribution >= 4 is 28.0 Å². The molecule has 0 saturated carbocycles. The van der Waals surface area contributed by atoms with Gasteiger partial charge in [-0.05, 0) is 58.2 Å². The summed E-state index contributed by atoms with van der Waals surface area (Å²) in [5.74, 6) is -0.501. The summed E-state index contributed by atoms with van der Waals surface area (Å²) >= 11 is 3.38. The maximum Gasteiger partial charge on any atom is 0.410 e. The van der Waals surface area contributed by atoms with E-state index in [0.29, 0.717) is 18.5 Å². The quantitative estimate of drug-likeness (QED) is 0.698. The van der Waals surface area contributed by atoms with Gasteiger partial charge in [0.25, 0.3) is 0 Å². The molecule has 2 atom stereocenters. The van der Waals surface area contributed by atoms with Crippen molar-refractivity contribution in [3.05, 3.63) is 34.3 Å². The Hall–Kier alpha value is -1.60. The van der Waals surface area contributed by atoms with Gasteiger partial charge in [-0.25, -0.2) is 4.79 Å². The molecule has 27 heavy (non-hydrogen) atoms. The van der Waals surface area contributed by atoms with Crippen molar-refractivity contribution in [3.8, 4) is 0 Å². The van der Waals surface area contributed by atoms with Gasteiger partial charge >= 0.3 is 12.1 Å². The number of likely N-dealkylation sites (tertiary alicyclic amines) is 1. The van der Waals surface area contributed by atoms with Crippen molar-refractivity contribution in [1.82, 2.24) is 4.90 Å². The van der Waals surface area contributed by atoms with Crippen LogP contribution in [0.25, 0.3) is 0 Å². The molecule has 0 radical (unpaired) electrons. The van der Waals surface area contributed by atoms with Gasteiger partial charge in [0.05, 0.1) is 19.1 Å². The van der Waals surface area contributed by atoms with Crippen molar-refractivity contribution in [2.24, 2.45) is 0 Å². The number of hydrogen-bond donors (Lipinski definition) is 1. The van der Waals surface area contributed by atoms with Gasteiger partial charge in [0.15, 0.2) is 0 Å². The second kappa shape index (κ2) is 8.61. The number of carbonyl (C=O) groups is 2. The Balaban J connectivity index is 2.37. The molecule has 0 aliphatic carbocycles. The van der Waals surface area contributed by atoms with Crippen LogP contribution in [-0.2, 0) is 19.9 Å². The van der Waals surface area contributed by atoms with Crippen LogP contribution in [0.3, 0.4) is 0 Å². The molecule has 1 aliphatic heterocycles. The third-order valence-electron chi connectivity index (χ3n) is 4.50. The first-order valence-corrected chi connectivity index (χ1v) is 10.00. The first-order valence-electron chi connectivity index (χ1n) is 9.20. The van der Waals surface area contributed by atoms with E-state index in [1.807, 2.05) is 0 Å². The Morgan fingerprint density at radius 3 is 2.44 bits per heavy atom. The van der Waals surface area contributed by atoms with Crippen LogP contribution in [0.5, 0.6) is 0 Å². The van der Waals surface area contributed by atoms with Gasteiger partial charge < -0.3 is 19.5 Å².